The molecule has 0 radical (unpaired) electrons. The first-order chi connectivity index (χ1) is 10.8. The molecule has 2 aromatic heterocycles. The normalized spacial score (nSPS) is 24.0. The fraction of sp³-hybridized carbons (Fsp3) is 0.533. The van der Waals surface area contributed by atoms with E-state index in [-0.39, 0.29) is 18.1 Å². The van der Waals surface area contributed by atoms with Gasteiger partial charge in [-0.25, -0.2) is 4.68 Å². The van der Waals surface area contributed by atoms with Gasteiger partial charge in [-0.2, -0.15) is 0 Å². The third kappa shape index (κ3) is 2.12. The largest absolute Gasteiger partial charge is 0.368 e. The topological polar surface area (TPSA) is 76.0 Å². The van der Waals surface area contributed by atoms with Crippen molar-refractivity contribution in [2.45, 2.75) is 38.5 Å². The van der Waals surface area contributed by atoms with Crippen LogP contribution in [0.1, 0.15) is 41.3 Å². The molecule has 2 aromatic rings. The first-order valence-electron chi connectivity index (χ1n) is 7.74. The molecular weight excluding hydrogens is 282 g/mol. The van der Waals surface area contributed by atoms with Crippen molar-refractivity contribution in [3.8, 4) is 0 Å². The van der Waals surface area contributed by atoms with Crippen molar-refractivity contribution in [3.63, 3.8) is 0 Å². The molecule has 0 aliphatic carbocycles. The van der Waals surface area contributed by atoms with Gasteiger partial charge >= 0.3 is 0 Å². The average Bonchev–Trinajstić information content (AvgIpc) is 3.22. The summed E-state index contributed by atoms with van der Waals surface area (Å²) in [5.41, 5.74) is 2.75. The predicted molar refractivity (Wildman–Crippen MR) is 78.3 cm³/mol. The van der Waals surface area contributed by atoms with Crippen LogP contribution < -0.4 is 0 Å². The Kier molecular flexibility index (Phi) is 3.22. The number of H-pyrrole nitrogens is 1. The van der Waals surface area contributed by atoms with E-state index in [0.717, 1.165) is 24.2 Å². The second kappa shape index (κ2) is 5.24. The summed E-state index contributed by atoms with van der Waals surface area (Å²) in [5.74, 6) is 0.0473. The molecule has 1 amide bonds. The molecule has 2 aliphatic heterocycles. The number of hydrogen-bond donors (Lipinski definition) is 1. The maximum atomic E-state index is 12.6. The third-order valence-electron chi connectivity index (χ3n) is 4.58. The van der Waals surface area contributed by atoms with Crippen molar-refractivity contribution >= 4 is 5.91 Å². The molecule has 0 aromatic carbocycles. The van der Waals surface area contributed by atoms with Crippen LogP contribution in [0.2, 0.25) is 0 Å². The Hall–Kier alpha value is -2.15. The summed E-state index contributed by atoms with van der Waals surface area (Å²) in [6, 6.07) is 4.02. The number of aromatic amines is 1. The number of hydrogen-bond acceptors (Lipinski definition) is 4. The van der Waals surface area contributed by atoms with Crippen LogP contribution >= 0.6 is 0 Å². The summed E-state index contributed by atoms with van der Waals surface area (Å²) < 4.78 is 7.86. The smallest absolute Gasteiger partial charge is 0.270 e. The molecule has 4 heterocycles. The zero-order valence-electron chi connectivity index (χ0n) is 12.5. The summed E-state index contributed by atoms with van der Waals surface area (Å²) in [6.45, 7) is 3.89. The van der Waals surface area contributed by atoms with Crippen LogP contribution in [0.4, 0.5) is 0 Å². The van der Waals surface area contributed by atoms with Crippen LogP contribution in [0.5, 0.6) is 0 Å². The Balaban J connectivity index is 1.50. The number of likely N-dealkylation sites (tertiary alicyclic amines) is 1. The number of piperidine rings is 1. The van der Waals surface area contributed by atoms with Gasteiger partial charge in [0.05, 0.1) is 30.6 Å². The second-order valence-corrected chi connectivity index (χ2v) is 5.88. The first-order valence-corrected chi connectivity index (χ1v) is 7.74. The van der Waals surface area contributed by atoms with Gasteiger partial charge < -0.3 is 14.6 Å². The van der Waals surface area contributed by atoms with Gasteiger partial charge in [-0.15, -0.1) is 5.10 Å². The number of aryl methyl sites for hydroxylation is 1. The van der Waals surface area contributed by atoms with Crippen molar-refractivity contribution in [1.29, 1.82) is 0 Å². The minimum Gasteiger partial charge on any atom is -0.368 e. The highest BCUT2D eigenvalue weighted by Gasteiger charge is 2.38. The van der Waals surface area contributed by atoms with Crippen molar-refractivity contribution < 1.29 is 9.53 Å². The molecule has 2 atom stereocenters. The van der Waals surface area contributed by atoms with Gasteiger partial charge in [0.2, 0.25) is 0 Å². The second-order valence-electron chi connectivity index (χ2n) is 5.88. The van der Waals surface area contributed by atoms with Crippen molar-refractivity contribution in [2.24, 2.45) is 0 Å². The zero-order valence-corrected chi connectivity index (χ0v) is 12.5. The predicted octanol–water partition coefficient (Wildman–Crippen LogP) is 1.15. The molecule has 1 fully saturated rings. The van der Waals surface area contributed by atoms with Crippen LogP contribution in [0.3, 0.4) is 0 Å². The Bertz CT molecular complexity index is 692. The van der Waals surface area contributed by atoms with Crippen LogP contribution in [0, 0.1) is 0 Å². The maximum Gasteiger partial charge on any atom is 0.270 e. The van der Waals surface area contributed by atoms with E-state index in [0.29, 0.717) is 25.4 Å². The van der Waals surface area contributed by atoms with Crippen molar-refractivity contribution in [2.75, 3.05) is 13.1 Å². The number of rotatable bonds is 2. The maximum absolute atomic E-state index is 12.6. The lowest BCUT2D eigenvalue weighted by atomic mass is 10.00. The number of fused-ring (bicyclic) bond motifs is 3. The fourth-order valence-electron chi connectivity index (χ4n) is 3.31. The van der Waals surface area contributed by atoms with Crippen molar-refractivity contribution in [3.05, 3.63) is 35.4 Å². The Morgan fingerprint density at radius 3 is 3.23 bits per heavy atom. The van der Waals surface area contributed by atoms with Gasteiger partial charge in [-0.1, -0.05) is 12.1 Å². The van der Waals surface area contributed by atoms with E-state index >= 15 is 0 Å². The van der Waals surface area contributed by atoms with Gasteiger partial charge in [-0.05, 0) is 25.0 Å². The van der Waals surface area contributed by atoms with Gasteiger partial charge in [0.1, 0.15) is 5.69 Å². The minimum absolute atomic E-state index is 0.00694. The van der Waals surface area contributed by atoms with E-state index < -0.39 is 0 Å². The lowest BCUT2D eigenvalue weighted by Gasteiger charge is -2.40. The van der Waals surface area contributed by atoms with E-state index in [2.05, 4.69) is 22.2 Å². The molecule has 4 rings (SSSR count). The number of ether oxygens (including phenoxy) is 1. The van der Waals surface area contributed by atoms with E-state index in [1.54, 1.807) is 6.20 Å². The van der Waals surface area contributed by atoms with E-state index in [1.807, 2.05) is 21.7 Å². The van der Waals surface area contributed by atoms with Gasteiger partial charge in [0.25, 0.3) is 5.91 Å². The molecule has 1 saturated heterocycles. The summed E-state index contributed by atoms with van der Waals surface area (Å²) in [5, 5.41) is 8.12. The molecule has 1 N–H and O–H groups in total. The highest BCUT2D eigenvalue weighted by atomic mass is 16.5. The quantitative estimate of drug-likeness (QED) is 0.903. The molecule has 0 spiro atoms. The number of amides is 1. The highest BCUT2D eigenvalue weighted by molar-refractivity contribution is 5.92. The first kappa shape index (κ1) is 13.5. The molecule has 0 saturated carbocycles. The van der Waals surface area contributed by atoms with Crippen LogP contribution in [0.15, 0.2) is 18.3 Å². The molecule has 7 heteroatoms. The Morgan fingerprint density at radius 1 is 1.50 bits per heavy atom. The Labute approximate surface area is 128 Å². The van der Waals surface area contributed by atoms with Crippen molar-refractivity contribution in [1.82, 2.24) is 24.9 Å². The molecule has 7 nitrogen and oxygen atoms in total. The number of nitrogens with zero attached hydrogens (tertiary/aromatic N) is 4. The van der Waals surface area contributed by atoms with Crippen LogP contribution in [-0.4, -0.2) is 50.0 Å². The monoisotopic (exact) mass is 301 g/mol. The number of nitrogens with one attached hydrogen (secondary N) is 1. The fourth-order valence-corrected chi connectivity index (χ4v) is 3.31. The summed E-state index contributed by atoms with van der Waals surface area (Å²) in [6.07, 6.45) is 3.48. The molecule has 22 heavy (non-hydrogen) atoms. The highest BCUT2D eigenvalue weighted by Crippen LogP contribution is 2.30. The SMILES string of the molecule is CCc1ccc(C(=O)N2CC[C@H]3[C@H](C2)OCc2cnnn23)[nH]1. The minimum atomic E-state index is -0.00694. The average molecular weight is 301 g/mol. The molecular formula is C15H19N5O2. The molecule has 0 unspecified atom stereocenters. The van der Waals surface area contributed by atoms with Gasteiger partial charge in [-0.3, -0.25) is 4.79 Å². The summed E-state index contributed by atoms with van der Waals surface area (Å²) >= 11 is 0. The summed E-state index contributed by atoms with van der Waals surface area (Å²) in [4.78, 5) is 17.7. The van der Waals surface area contributed by atoms with Gasteiger partial charge in [0.15, 0.2) is 0 Å². The van der Waals surface area contributed by atoms with E-state index in [4.69, 9.17) is 4.74 Å². The summed E-state index contributed by atoms with van der Waals surface area (Å²) in [7, 11) is 0. The van der Waals surface area contributed by atoms with E-state index in [1.165, 1.54) is 0 Å². The standard InChI is InChI=1S/C15H19N5O2/c1-2-10-3-4-12(17-10)15(21)19-6-5-13-14(8-19)22-9-11-7-16-18-20(11)13/h3-4,7,13-14,17H,2,5-6,8-9H2,1H3/t13-,14-/m0/s1. The van der Waals surface area contributed by atoms with E-state index in [9.17, 15) is 4.79 Å². The lowest BCUT2D eigenvalue weighted by molar-refractivity contribution is -0.0628. The molecule has 2 aliphatic rings. The van der Waals surface area contributed by atoms with Crippen LogP contribution in [-0.2, 0) is 17.8 Å². The number of aromatic nitrogens is 4. The Morgan fingerprint density at radius 2 is 2.41 bits per heavy atom. The van der Waals surface area contributed by atoms with Crippen LogP contribution in [0.25, 0.3) is 0 Å². The number of carbonyl (C=O) groups is 1. The molecule has 116 valence electrons. The zero-order chi connectivity index (χ0) is 15.1. The lowest BCUT2D eigenvalue weighted by Crippen LogP contribution is -2.50. The molecule has 0 bridgehead atoms. The third-order valence-corrected chi connectivity index (χ3v) is 4.58. The van der Waals surface area contributed by atoms with Gasteiger partial charge in [0, 0.05) is 18.8 Å². The number of carbonyl (C=O) groups excluding carboxylic acids is 1.